The van der Waals surface area contributed by atoms with Crippen molar-refractivity contribution in [3.05, 3.63) is 30.1 Å². The highest BCUT2D eigenvalue weighted by molar-refractivity contribution is 5.74. The van der Waals surface area contributed by atoms with Crippen LogP contribution in [0.5, 0.6) is 0 Å². The molecule has 104 valence electrons. The fourth-order valence-electron chi connectivity index (χ4n) is 2.46. The Morgan fingerprint density at radius 3 is 2.84 bits per heavy atom. The van der Waals surface area contributed by atoms with E-state index in [0.29, 0.717) is 12.6 Å². The molecule has 1 aliphatic rings. The van der Waals surface area contributed by atoms with Gasteiger partial charge < -0.3 is 10.2 Å². The maximum Gasteiger partial charge on any atom is 0.317 e. The quantitative estimate of drug-likeness (QED) is 0.905. The zero-order valence-electron chi connectivity index (χ0n) is 11.6. The van der Waals surface area contributed by atoms with E-state index in [9.17, 15) is 4.79 Å². The smallest absolute Gasteiger partial charge is 0.317 e. The van der Waals surface area contributed by atoms with Crippen LogP contribution in [0.1, 0.15) is 37.8 Å². The van der Waals surface area contributed by atoms with Crippen molar-refractivity contribution in [3.8, 4) is 0 Å². The minimum Gasteiger partial charge on any atom is -0.335 e. The van der Waals surface area contributed by atoms with Gasteiger partial charge in [0, 0.05) is 37.9 Å². The van der Waals surface area contributed by atoms with E-state index in [0.717, 1.165) is 25.0 Å². The van der Waals surface area contributed by atoms with Gasteiger partial charge in [-0.1, -0.05) is 25.3 Å². The monoisotopic (exact) mass is 261 g/mol. The van der Waals surface area contributed by atoms with Crippen molar-refractivity contribution >= 4 is 6.03 Å². The molecule has 0 saturated heterocycles. The molecule has 0 radical (unpaired) electrons. The third-order valence-corrected chi connectivity index (χ3v) is 3.71. The minimum atomic E-state index is 0.0443. The van der Waals surface area contributed by atoms with E-state index in [4.69, 9.17) is 0 Å². The summed E-state index contributed by atoms with van der Waals surface area (Å²) in [6.07, 6.45) is 8.62. The molecule has 1 heterocycles. The lowest BCUT2D eigenvalue weighted by atomic mass is 9.96. The van der Waals surface area contributed by atoms with E-state index in [-0.39, 0.29) is 6.03 Å². The van der Waals surface area contributed by atoms with Gasteiger partial charge in [0.25, 0.3) is 0 Å². The number of aromatic nitrogens is 1. The number of carbonyl (C=O) groups excluding carboxylic acids is 1. The molecule has 1 aromatic heterocycles. The van der Waals surface area contributed by atoms with Crippen molar-refractivity contribution in [1.29, 1.82) is 0 Å². The highest BCUT2D eigenvalue weighted by Crippen LogP contribution is 2.17. The first kappa shape index (κ1) is 13.8. The van der Waals surface area contributed by atoms with E-state index in [1.807, 2.05) is 25.2 Å². The Hall–Kier alpha value is -1.58. The first-order chi connectivity index (χ1) is 9.25. The fourth-order valence-corrected chi connectivity index (χ4v) is 2.46. The molecule has 0 atom stereocenters. The van der Waals surface area contributed by atoms with Gasteiger partial charge in [-0.25, -0.2) is 4.79 Å². The van der Waals surface area contributed by atoms with Crippen LogP contribution in [0.3, 0.4) is 0 Å². The summed E-state index contributed by atoms with van der Waals surface area (Å²) >= 11 is 0. The molecule has 0 aliphatic heterocycles. The summed E-state index contributed by atoms with van der Waals surface area (Å²) in [6, 6.07) is 6.29. The summed E-state index contributed by atoms with van der Waals surface area (Å²) in [7, 11) is 1.85. The molecule has 0 unspecified atom stereocenters. The van der Waals surface area contributed by atoms with Gasteiger partial charge in [-0.3, -0.25) is 4.98 Å². The topological polar surface area (TPSA) is 45.2 Å². The molecule has 1 N–H and O–H groups in total. The lowest BCUT2D eigenvalue weighted by Gasteiger charge is -2.26. The average molecular weight is 261 g/mol. The maximum atomic E-state index is 12.0. The summed E-state index contributed by atoms with van der Waals surface area (Å²) in [5, 5.41) is 3.12. The lowest BCUT2D eigenvalue weighted by molar-refractivity contribution is 0.201. The molecule has 2 rings (SSSR count). The molecular weight excluding hydrogens is 238 g/mol. The average Bonchev–Trinajstić information content (AvgIpc) is 2.47. The number of rotatable bonds is 4. The third-order valence-electron chi connectivity index (χ3n) is 3.71. The van der Waals surface area contributed by atoms with Gasteiger partial charge in [-0.2, -0.15) is 0 Å². The summed E-state index contributed by atoms with van der Waals surface area (Å²) in [6.45, 7) is 0.704. The molecule has 0 spiro atoms. The second-order valence-electron chi connectivity index (χ2n) is 5.28. The number of amides is 2. The van der Waals surface area contributed by atoms with Crippen molar-refractivity contribution in [2.24, 2.45) is 0 Å². The van der Waals surface area contributed by atoms with Crippen molar-refractivity contribution in [1.82, 2.24) is 15.2 Å². The van der Waals surface area contributed by atoms with Crippen LogP contribution >= 0.6 is 0 Å². The third kappa shape index (κ3) is 4.54. The van der Waals surface area contributed by atoms with Gasteiger partial charge in [-0.05, 0) is 25.0 Å². The summed E-state index contributed by atoms with van der Waals surface area (Å²) in [5.41, 5.74) is 1.03. The van der Waals surface area contributed by atoms with Crippen molar-refractivity contribution in [3.63, 3.8) is 0 Å². The predicted octanol–water partition coefficient (Wildman–Crippen LogP) is 2.60. The highest BCUT2D eigenvalue weighted by Gasteiger charge is 2.17. The fraction of sp³-hybridized carbons (Fsp3) is 0.600. The van der Waals surface area contributed by atoms with Crippen LogP contribution < -0.4 is 5.32 Å². The van der Waals surface area contributed by atoms with Crippen LogP contribution in [0.25, 0.3) is 0 Å². The van der Waals surface area contributed by atoms with Crippen molar-refractivity contribution in [2.45, 2.75) is 44.6 Å². The van der Waals surface area contributed by atoms with Gasteiger partial charge in [-0.15, -0.1) is 0 Å². The largest absolute Gasteiger partial charge is 0.335 e. The first-order valence-corrected chi connectivity index (χ1v) is 7.17. The van der Waals surface area contributed by atoms with Gasteiger partial charge in [0.15, 0.2) is 0 Å². The van der Waals surface area contributed by atoms with E-state index >= 15 is 0 Å². The summed E-state index contributed by atoms with van der Waals surface area (Å²) in [5.74, 6) is 0. The Morgan fingerprint density at radius 1 is 1.37 bits per heavy atom. The molecule has 4 heteroatoms. The van der Waals surface area contributed by atoms with Crippen LogP contribution in [0.2, 0.25) is 0 Å². The summed E-state index contributed by atoms with van der Waals surface area (Å²) in [4.78, 5) is 18.0. The minimum absolute atomic E-state index is 0.0443. The van der Waals surface area contributed by atoms with Gasteiger partial charge >= 0.3 is 6.03 Å². The summed E-state index contributed by atoms with van der Waals surface area (Å²) < 4.78 is 0. The molecule has 19 heavy (non-hydrogen) atoms. The second-order valence-corrected chi connectivity index (χ2v) is 5.28. The maximum absolute atomic E-state index is 12.0. The zero-order valence-corrected chi connectivity index (χ0v) is 11.6. The Balaban J connectivity index is 1.72. The molecule has 0 aromatic carbocycles. The predicted molar refractivity (Wildman–Crippen MR) is 76.0 cm³/mol. The number of urea groups is 1. The van der Waals surface area contributed by atoms with E-state index in [1.165, 1.54) is 19.3 Å². The van der Waals surface area contributed by atoms with Crippen LogP contribution in [0, 0.1) is 0 Å². The van der Waals surface area contributed by atoms with Gasteiger partial charge in [0.1, 0.15) is 0 Å². The number of pyridine rings is 1. The standard InChI is InChI=1S/C15H23N3O/c1-18(12-10-13-7-5-6-11-16-13)15(19)17-14-8-3-2-4-9-14/h5-7,11,14H,2-4,8-10,12H2,1H3,(H,17,19). The highest BCUT2D eigenvalue weighted by atomic mass is 16.2. The van der Waals surface area contributed by atoms with Crippen LogP contribution in [0.4, 0.5) is 4.79 Å². The number of carbonyl (C=O) groups is 1. The number of hydrogen-bond donors (Lipinski definition) is 1. The molecule has 0 bridgehead atoms. The molecular formula is C15H23N3O. The molecule has 4 nitrogen and oxygen atoms in total. The van der Waals surface area contributed by atoms with E-state index in [2.05, 4.69) is 10.3 Å². The van der Waals surface area contributed by atoms with Gasteiger partial charge in [0.05, 0.1) is 0 Å². The number of nitrogens with one attached hydrogen (secondary N) is 1. The Labute approximate surface area is 115 Å². The molecule has 1 saturated carbocycles. The molecule has 1 aliphatic carbocycles. The van der Waals surface area contributed by atoms with Crippen LogP contribution in [-0.2, 0) is 6.42 Å². The molecule has 1 aromatic rings. The van der Waals surface area contributed by atoms with E-state index < -0.39 is 0 Å². The van der Waals surface area contributed by atoms with Gasteiger partial charge in [0.2, 0.25) is 0 Å². The Kier molecular flexibility index (Phi) is 5.19. The molecule has 2 amide bonds. The number of likely N-dealkylation sites (N-methyl/N-ethyl adjacent to an activating group) is 1. The SMILES string of the molecule is CN(CCc1ccccn1)C(=O)NC1CCCCC1. The number of hydrogen-bond acceptors (Lipinski definition) is 2. The van der Waals surface area contributed by atoms with Crippen LogP contribution in [-0.4, -0.2) is 35.5 Å². The van der Waals surface area contributed by atoms with Crippen LogP contribution in [0.15, 0.2) is 24.4 Å². The Morgan fingerprint density at radius 2 is 2.16 bits per heavy atom. The lowest BCUT2D eigenvalue weighted by Crippen LogP contribution is -2.44. The second kappa shape index (κ2) is 7.12. The first-order valence-electron chi connectivity index (χ1n) is 7.17. The van der Waals surface area contributed by atoms with E-state index in [1.54, 1.807) is 11.1 Å². The Bertz CT molecular complexity index is 388. The van der Waals surface area contributed by atoms with Crippen molar-refractivity contribution < 1.29 is 4.79 Å². The normalized spacial score (nSPS) is 16.1. The number of nitrogens with zero attached hydrogens (tertiary/aromatic N) is 2. The molecule has 1 fully saturated rings. The zero-order chi connectivity index (χ0) is 13.5. The van der Waals surface area contributed by atoms with Crippen molar-refractivity contribution in [2.75, 3.05) is 13.6 Å².